The number of phenolic OH excluding ortho intramolecular Hbond substituents is 1. The first-order valence-corrected chi connectivity index (χ1v) is 10.0. The van der Waals surface area contributed by atoms with Crippen molar-refractivity contribution >= 4 is 22.8 Å². The van der Waals surface area contributed by atoms with E-state index in [2.05, 4.69) is 15.9 Å². The zero-order chi connectivity index (χ0) is 22.9. The van der Waals surface area contributed by atoms with Gasteiger partial charge >= 0.3 is 0 Å². The van der Waals surface area contributed by atoms with Crippen LogP contribution in [0.25, 0.3) is 11.0 Å². The van der Waals surface area contributed by atoms with E-state index in [1.165, 1.54) is 18.7 Å². The monoisotopic (exact) mass is 443 g/mol. The number of fused-ring (bicyclic) bond motifs is 2. The molecule has 3 aromatic rings. The number of ether oxygens (including phenoxy) is 3. The highest BCUT2D eigenvalue weighted by Gasteiger charge is 2.47. The van der Waals surface area contributed by atoms with Gasteiger partial charge in [-0.25, -0.2) is 9.97 Å². The number of aromatic nitrogens is 2. The Kier molecular flexibility index (Phi) is 5.03. The van der Waals surface area contributed by atoms with Crippen LogP contribution in [0.2, 0.25) is 0 Å². The van der Waals surface area contributed by atoms with Crippen LogP contribution in [0.1, 0.15) is 26.3 Å². The third-order valence-electron chi connectivity index (χ3n) is 5.42. The summed E-state index contributed by atoms with van der Waals surface area (Å²) in [4.78, 5) is 36.6. The Bertz CT molecular complexity index is 1350. The summed E-state index contributed by atoms with van der Waals surface area (Å²) < 4.78 is 16.4. The number of rotatable bonds is 6. The van der Waals surface area contributed by atoms with E-state index in [4.69, 9.17) is 20.6 Å². The molecule has 0 bridgehead atoms. The number of amides is 2. The van der Waals surface area contributed by atoms with Crippen molar-refractivity contribution in [2.24, 2.45) is 0 Å². The van der Waals surface area contributed by atoms with E-state index in [0.29, 0.717) is 5.76 Å². The number of aromatic hydroxyl groups is 1. The number of nitrogens with zero attached hydrogens (tertiary/aromatic N) is 3. The Morgan fingerprint density at radius 3 is 2.55 bits per heavy atom. The van der Waals surface area contributed by atoms with Gasteiger partial charge in [0.25, 0.3) is 11.8 Å². The van der Waals surface area contributed by atoms with Gasteiger partial charge in [0, 0.05) is 18.8 Å². The molecule has 2 aliphatic heterocycles. The molecule has 0 saturated heterocycles. The Morgan fingerprint density at radius 1 is 1.12 bits per heavy atom. The molecule has 3 heterocycles. The Morgan fingerprint density at radius 2 is 1.85 bits per heavy atom. The standard InChI is InChI=1S/C24H17N3O6/c1-2-10-32-22-18-17(21(28)19-20(22)26-9-8-25-19)23(29)27(24(18)30)15(16-12-31-13-33-16)11-14-6-4-3-5-7-14/h1,3-9,12,15,28H,10-11,13H2. The second kappa shape index (κ2) is 8.16. The van der Waals surface area contributed by atoms with Gasteiger partial charge in [-0.2, -0.15) is 0 Å². The van der Waals surface area contributed by atoms with Crippen LogP contribution in [-0.2, 0) is 15.9 Å². The maximum atomic E-state index is 13.7. The zero-order valence-electron chi connectivity index (χ0n) is 17.2. The third kappa shape index (κ3) is 3.29. The fourth-order valence-corrected chi connectivity index (χ4v) is 4.01. The first-order chi connectivity index (χ1) is 16.1. The summed E-state index contributed by atoms with van der Waals surface area (Å²) >= 11 is 0. The lowest BCUT2D eigenvalue weighted by atomic mass is 10.0. The van der Waals surface area contributed by atoms with Gasteiger partial charge < -0.3 is 19.3 Å². The summed E-state index contributed by atoms with van der Waals surface area (Å²) in [6.45, 7) is -0.191. The van der Waals surface area contributed by atoms with Crippen LogP contribution in [0.5, 0.6) is 11.5 Å². The second-order valence-corrected chi connectivity index (χ2v) is 7.31. The van der Waals surface area contributed by atoms with E-state index in [1.54, 1.807) is 0 Å². The fraction of sp³-hybridized carbons (Fsp3) is 0.167. The molecule has 0 spiro atoms. The highest BCUT2D eigenvalue weighted by atomic mass is 16.7. The van der Waals surface area contributed by atoms with Crippen molar-refractivity contribution in [3.8, 4) is 23.8 Å². The smallest absolute Gasteiger partial charge is 0.266 e. The van der Waals surface area contributed by atoms with Crippen molar-refractivity contribution in [3.05, 3.63) is 71.4 Å². The van der Waals surface area contributed by atoms with Gasteiger partial charge in [-0.15, -0.1) is 6.42 Å². The van der Waals surface area contributed by atoms with Crippen LogP contribution in [0.3, 0.4) is 0 Å². The van der Waals surface area contributed by atoms with Crippen LogP contribution in [-0.4, -0.2) is 51.2 Å². The fourth-order valence-electron chi connectivity index (χ4n) is 4.01. The van der Waals surface area contributed by atoms with Crippen LogP contribution in [0, 0.1) is 12.3 Å². The maximum absolute atomic E-state index is 13.7. The maximum Gasteiger partial charge on any atom is 0.266 e. The molecule has 9 nitrogen and oxygen atoms in total. The number of phenols is 1. The molecule has 1 unspecified atom stereocenters. The van der Waals surface area contributed by atoms with Crippen LogP contribution >= 0.6 is 0 Å². The van der Waals surface area contributed by atoms with Gasteiger partial charge in [0.2, 0.25) is 6.79 Å². The molecular formula is C24H17N3O6. The largest absolute Gasteiger partial charge is 0.505 e. The normalized spacial score (nSPS) is 15.5. The lowest BCUT2D eigenvalue weighted by Gasteiger charge is -2.26. The van der Waals surface area contributed by atoms with Crippen LogP contribution in [0.15, 0.2) is 54.7 Å². The highest BCUT2D eigenvalue weighted by Crippen LogP contribution is 2.44. The molecule has 0 aliphatic carbocycles. The molecule has 2 aliphatic rings. The summed E-state index contributed by atoms with van der Waals surface area (Å²) in [6, 6.07) is 8.53. The zero-order valence-corrected chi connectivity index (χ0v) is 17.2. The molecule has 2 aromatic carbocycles. The highest BCUT2D eigenvalue weighted by molar-refractivity contribution is 6.26. The molecule has 1 aromatic heterocycles. The van der Waals surface area contributed by atoms with E-state index in [9.17, 15) is 14.7 Å². The van der Waals surface area contributed by atoms with Crippen LogP contribution in [0.4, 0.5) is 0 Å². The average molecular weight is 443 g/mol. The van der Waals surface area contributed by atoms with E-state index >= 15 is 0 Å². The molecule has 5 rings (SSSR count). The third-order valence-corrected chi connectivity index (χ3v) is 5.42. The minimum absolute atomic E-state index is 0.000677. The van der Waals surface area contributed by atoms with E-state index in [0.717, 1.165) is 10.5 Å². The predicted molar refractivity (Wildman–Crippen MR) is 115 cm³/mol. The van der Waals surface area contributed by atoms with E-state index < -0.39 is 23.6 Å². The van der Waals surface area contributed by atoms with Gasteiger partial charge in [-0.3, -0.25) is 14.5 Å². The van der Waals surface area contributed by atoms with Crippen LogP contribution < -0.4 is 4.74 Å². The van der Waals surface area contributed by atoms with Crippen molar-refractivity contribution in [3.63, 3.8) is 0 Å². The lowest BCUT2D eigenvalue weighted by molar-refractivity contribution is 0.0450. The van der Waals surface area contributed by atoms with Crippen molar-refractivity contribution < 1.29 is 28.9 Å². The SMILES string of the molecule is C#CCOc1c2c(c(O)c3nccnc13)C(=O)N(C(Cc1ccccc1)C1=COCO1)C2=O. The minimum Gasteiger partial charge on any atom is -0.505 e. The van der Waals surface area contributed by atoms with Crippen molar-refractivity contribution in [2.45, 2.75) is 12.5 Å². The van der Waals surface area contributed by atoms with E-state index in [-0.39, 0.29) is 47.7 Å². The van der Waals surface area contributed by atoms with Crippen molar-refractivity contribution in [1.29, 1.82) is 0 Å². The quantitative estimate of drug-likeness (QED) is 0.457. The lowest BCUT2D eigenvalue weighted by Crippen LogP contribution is -2.42. The average Bonchev–Trinajstić information content (AvgIpc) is 3.46. The summed E-state index contributed by atoms with van der Waals surface area (Å²) in [7, 11) is 0. The molecule has 0 saturated carbocycles. The summed E-state index contributed by atoms with van der Waals surface area (Å²) in [6.07, 6.45) is 9.76. The Labute approximate surface area is 188 Å². The molecule has 33 heavy (non-hydrogen) atoms. The molecule has 2 amide bonds. The Hall–Kier alpha value is -4.58. The van der Waals surface area contributed by atoms with Crippen molar-refractivity contribution in [1.82, 2.24) is 14.9 Å². The van der Waals surface area contributed by atoms with Gasteiger partial charge in [0.15, 0.2) is 17.3 Å². The number of hydrogen-bond acceptors (Lipinski definition) is 8. The summed E-state index contributed by atoms with van der Waals surface area (Å²) in [5, 5.41) is 10.9. The van der Waals surface area contributed by atoms with Gasteiger partial charge in [-0.1, -0.05) is 36.3 Å². The molecule has 1 N–H and O–H groups in total. The molecular weight excluding hydrogens is 426 g/mol. The number of terminal acetylenes is 1. The topological polar surface area (TPSA) is 111 Å². The first-order valence-electron chi connectivity index (χ1n) is 10.0. The number of imide groups is 1. The number of hydrogen-bond donors (Lipinski definition) is 1. The second-order valence-electron chi connectivity index (χ2n) is 7.31. The first kappa shape index (κ1) is 20.3. The molecule has 1 atom stereocenters. The molecule has 164 valence electrons. The summed E-state index contributed by atoms with van der Waals surface area (Å²) in [5.74, 6) is 0.839. The number of carbonyl (C=O) groups is 2. The van der Waals surface area contributed by atoms with Gasteiger partial charge in [-0.05, 0) is 5.56 Å². The van der Waals surface area contributed by atoms with Crippen molar-refractivity contribution in [2.75, 3.05) is 13.4 Å². The van der Waals surface area contributed by atoms with Gasteiger partial charge in [0.1, 0.15) is 41.1 Å². The number of benzene rings is 2. The molecule has 9 heteroatoms. The molecule has 0 radical (unpaired) electrons. The van der Waals surface area contributed by atoms with E-state index in [1.807, 2.05) is 30.3 Å². The summed E-state index contributed by atoms with van der Waals surface area (Å²) in [5.41, 5.74) is 0.713. The Balaban J connectivity index is 1.67. The van der Waals surface area contributed by atoms with Gasteiger partial charge in [0.05, 0.1) is 0 Å². The number of carbonyl (C=O) groups excluding carboxylic acids is 2. The minimum atomic E-state index is -0.814. The predicted octanol–water partition coefficient (Wildman–Crippen LogP) is 2.40. The molecule has 0 fully saturated rings.